The van der Waals surface area contributed by atoms with Crippen LogP contribution < -0.4 is 0 Å². The summed E-state index contributed by atoms with van der Waals surface area (Å²) >= 11 is 0. The van der Waals surface area contributed by atoms with Gasteiger partial charge in [-0.05, 0) is 32.1 Å². The van der Waals surface area contributed by atoms with Crippen LogP contribution in [0.4, 0.5) is 0 Å². The molecule has 0 saturated heterocycles. The van der Waals surface area contributed by atoms with E-state index in [2.05, 4.69) is 10.1 Å². The van der Waals surface area contributed by atoms with Crippen molar-refractivity contribution in [3.8, 4) is 0 Å². The first-order chi connectivity index (χ1) is 9.52. The number of carboxylic acids is 1. The van der Waals surface area contributed by atoms with E-state index in [4.69, 9.17) is 14.4 Å². The first-order valence-corrected chi connectivity index (χ1v) is 7.20. The second-order valence-corrected chi connectivity index (χ2v) is 5.66. The lowest BCUT2D eigenvalue weighted by Crippen LogP contribution is -2.13. The summed E-state index contributed by atoms with van der Waals surface area (Å²) in [5.74, 6) is 0.414. The average molecular weight is 282 g/mol. The first-order valence-electron chi connectivity index (χ1n) is 7.20. The van der Waals surface area contributed by atoms with Gasteiger partial charge in [-0.3, -0.25) is 4.79 Å². The van der Waals surface area contributed by atoms with E-state index in [1.165, 1.54) is 0 Å². The largest absolute Gasteiger partial charge is 0.481 e. The van der Waals surface area contributed by atoms with Gasteiger partial charge in [-0.25, -0.2) is 0 Å². The molecule has 0 amide bonds. The molecule has 0 radical (unpaired) electrons. The highest BCUT2D eigenvalue weighted by Crippen LogP contribution is 2.38. The Bertz CT molecular complexity index is 458. The van der Waals surface area contributed by atoms with E-state index in [9.17, 15) is 4.79 Å². The fourth-order valence-electron chi connectivity index (χ4n) is 2.70. The number of aliphatic carboxylic acids is 1. The number of rotatable bonds is 6. The van der Waals surface area contributed by atoms with Gasteiger partial charge in [0.2, 0.25) is 11.7 Å². The van der Waals surface area contributed by atoms with Crippen LogP contribution in [0.2, 0.25) is 0 Å². The number of ether oxygens (including phenoxy) is 1. The van der Waals surface area contributed by atoms with Crippen molar-refractivity contribution in [1.82, 2.24) is 10.1 Å². The zero-order chi connectivity index (χ0) is 14.7. The van der Waals surface area contributed by atoms with E-state index in [-0.39, 0.29) is 23.9 Å². The van der Waals surface area contributed by atoms with Crippen molar-refractivity contribution in [1.29, 1.82) is 0 Å². The second kappa shape index (κ2) is 6.35. The topological polar surface area (TPSA) is 85.5 Å². The molecule has 1 N–H and O–H groups in total. The Labute approximate surface area is 118 Å². The van der Waals surface area contributed by atoms with E-state index >= 15 is 0 Å². The lowest BCUT2D eigenvalue weighted by molar-refractivity contribution is -0.141. The Kier molecular flexibility index (Phi) is 4.75. The van der Waals surface area contributed by atoms with Gasteiger partial charge in [0.1, 0.15) is 6.10 Å². The monoisotopic (exact) mass is 282 g/mol. The summed E-state index contributed by atoms with van der Waals surface area (Å²) in [5, 5.41) is 13.0. The van der Waals surface area contributed by atoms with Crippen molar-refractivity contribution in [2.24, 2.45) is 11.8 Å². The summed E-state index contributed by atoms with van der Waals surface area (Å²) in [5.41, 5.74) is 0. The summed E-state index contributed by atoms with van der Waals surface area (Å²) in [4.78, 5) is 15.4. The van der Waals surface area contributed by atoms with Crippen molar-refractivity contribution in [2.45, 2.75) is 52.1 Å². The molecule has 3 unspecified atom stereocenters. The van der Waals surface area contributed by atoms with Gasteiger partial charge in [-0.15, -0.1) is 0 Å². The number of hydrogen-bond donors (Lipinski definition) is 1. The van der Waals surface area contributed by atoms with Gasteiger partial charge in [0, 0.05) is 12.5 Å². The third-order valence-corrected chi connectivity index (χ3v) is 3.79. The van der Waals surface area contributed by atoms with Crippen molar-refractivity contribution < 1.29 is 19.2 Å². The number of carboxylic acid groups (broad SMARTS) is 1. The van der Waals surface area contributed by atoms with Crippen LogP contribution in [0.1, 0.15) is 63.8 Å². The Balaban J connectivity index is 2.07. The van der Waals surface area contributed by atoms with Gasteiger partial charge in [0.15, 0.2) is 0 Å². The normalized spacial score (nSPS) is 24.2. The highest BCUT2D eigenvalue weighted by Gasteiger charge is 2.34. The molecular formula is C14H22N2O4. The van der Waals surface area contributed by atoms with Crippen molar-refractivity contribution >= 4 is 5.97 Å². The van der Waals surface area contributed by atoms with E-state index in [1.807, 2.05) is 20.8 Å². The van der Waals surface area contributed by atoms with Crippen LogP contribution in [-0.2, 0) is 9.53 Å². The van der Waals surface area contributed by atoms with Gasteiger partial charge < -0.3 is 14.4 Å². The van der Waals surface area contributed by atoms with Crippen LogP contribution in [0.25, 0.3) is 0 Å². The average Bonchev–Trinajstić information content (AvgIpc) is 3.03. The standard InChI is InChI=1S/C14H22N2O4/c1-4-19-11(8(2)3)12-15-13(20-16-12)9-5-6-10(7-9)14(17)18/h8-11H,4-7H2,1-3H3,(H,17,18). The Hall–Kier alpha value is -1.43. The molecule has 0 bridgehead atoms. The Morgan fingerprint density at radius 1 is 1.50 bits per heavy atom. The molecular weight excluding hydrogens is 260 g/mol. The van der Waals surface area contributed by atoms with Crippen LogP contribution in [0.3, 0.4) is 0 Å². The van der Waals surface area contributed by atoms with Crippen LogP contribution >= 0.6 is 0 Å². The minimum absolute atomic E-state index is 0.0618. The highest BCUT2D eigenvalue weighted by atomic mass is 16.5. The molecule has 20 heavy (non-hydrogen) atoms. The van der Waals surface area contributed by atoms with Crippen molar-refractivity contribution in [3.05, 3.63) is 11.7 Å². The van der Waals surface area contributed by atoms with Gasteiger partial charge in [0.05, 0.1) is 5.92 Å². The van der Waals surface area contributed by atoms with Crippen LogP contribution in [0.15, 0.2) is 4.52 Å². The SMILES string of the molecule is CCOC(c1noc(C2CCC(C(=O)O)C2)n1)C(C)C. The van der Waals surface area contributed by atoms with Gasteiger partial charge in [0.25, 0.3) is 0 Å². The van der Waals surface area contributed by atoms with Crippen molar-refractivity contribution in [2.75, 3.05) is 6.61 Å². The molecule has 1 saturated carbocycles. The molecule has 1 aromatic heterocycles. The van der Waals surface area contributed by atoms with Gasteiger partial charge in [-0.1, -0.05) is 19.0 Å². The minimum atomic E-state index is -0.735. The highest BCUT2D eigenvalue weighted by molar-refractivity contribution is 5.70. The summed E-state index contributed by atoms with van der Waals surface area (Å²) in [6, 6.07) is 0. The molecule has 0 aliphatic heterocycles. The van der Waals surface area contributed by atoms with Crippen LogP contribution in [0, 0.1) is 11.8 Å². The van der Waals surface area contributed by atoms with E-state index in [0.29, 0.717) is 31.2 Å². The van der Waals surface area contributed by atoms with Gasteiger partial charge >= 0.3 is 5.97 Å². The third-order valence-electron chi connectivity index (χ3n) is 3.79. The summed E-state index contributed by atoms with van der Waals surface area (Å²) < 4.78 is 11.0. The van der Waals surface area contributed by atoms with E-state index in [1.54, 1.807) is 0 Å². The maximum absolute atomic E-state index is 11.0. The zero-order valence-electron chi connectivity index (χ0n) is 12.2. The predicted octanol–water partition coefficient (Wildman–Crippen LogP) is 2.77. The van der Waals surface area contributed by atoms with Crippen LogP contribution in [-0.4, -0.2) is 27.8 Å². The number of carbonyl (C=O) groups is 1. The Morgan fingerprint density at radius 2 is 2.25 bits per heavy atom. The summed E-state index contributed by atoms with van der Waals surface area (Å²) in [6.45, 7) is 6.63. The summed E-state index contributed by atoms with van der Waals surface area (Å²) in [7, 11) is 0. The molecule has 112 valence electrons. The maximum Gasteiger partial charge on any atom is 0.306 e. The number of nitrogens with zero attached hydrogens (tertiary/aromatic N) is 2. The number of aromatic nitrogens is 2. The first kappa shape index (κ1) is 15.0. The fraction of sp³-hybridized carbons (Fsp3) is 0.786. The molecule has 6 nitrogen and oxygen atoms in total. The van der Waals surface area contributed by atoms with Crippen LogP contribution in [0.5, 0.6) is 0 Å². The maximum atomic E-state index is 11.0. The third kappa shape index (κ3) is 3.17. The molecule has 0 aromatic carbocycles. The van der Waals surface area contributed by atoms with E-state index < -0.39 is 5.97 Å². The fourth-order valence-corrected chi connectivity index (χ4v) is 2.70. The summed E-state index contributed by atoms with van der Waals surface area (Å²) in [6.07, 6.45) is 1.88. The predicted molar refractivity (Wildman–Crippen MR) is 71.2 cm³/mol. The Morgan fingerprint density at radius 3 is 2.80 bits per heavy atom. The van der Waals surface area contributed by atoms with E-state index in [0.717, 1.165) is 6.42 Å². The molecule has 2 rings (SSSR count). The molecule has 1 aliphatic rings. The quantitative estimate of drug-likeness (QED) is 0.863. The molecule has 1 aromatic rings. The molecule has 0 spiro atoms. The molecule has 1 fully saturated rings. The number of hydrogen-bond acceptors (Lipinski definition) is 5. The van der Waals surface area contributed by atoms with Gasteiger partial charge in [-0.2, -0.15) is 4.98 Å². The van der Waals surface area contributed by atoms with Crippen molar-refractivity contribution in [3.63, 3.8) is 0 Å². The molecule has 3 atom stereocenters. The molecule has 1 aliphatic carbocycles. The smallest absolute Gasteiger partial charge is 0.306 e. The lowest BCUT2D eigenvalue weighted by atomic mass is 10.0. The minimum Gasteiger partial charge on any atom is -0.481 e. The zero-order valence-corrected chi connectivity index (χ0v) is 12.2. The molecule has 1 heterocycles. The molecule has 6 heteroatoms. The lowest BCUT2D eigenvalue weighted by Gasteiger charge is -2.16. The second-order valence-electron chi connectivity index (χ2n) is 5.66.